The lowest BCUT2D eigenvalue weighted by Gasteiger charge is -2.24. The minimum Gasteiger partial charge on any atom is -0.431 e. The molecule has 4 heteroatoms. The molecule has 0 spiro atoms. The SMILES string of the molecule is CCCCCCCCCCCCCCCCCC(CC)OC(=O)OC1CCCCN1. The molecule has 1 N–H and O–H groups in total. The lowest BCUT2D eigenvalue weighted by molar-refractivity contribution is -0.0209. The molecule has 0 aromatic heterocycles. The Morgan fingerprint density at radius 2 is 1.33 bits per heavy atom. The normalized spacial score (nSPS) is 17.6. The van der Waals surface area contributed by atoms with Crippen molar-refractivity contribution < 1.29 is 14.3 Å². The van der Waals surface area contributed by atoms with E-state index in [2.05, 4.69) is 19.2 Å². The van der Waals surface area contributed by atoms with Crippen molar-refractivity contribution in [2.45, 2.75) is 155 Å². The second kappa shape index (κ2) is 20.2. The maximum Gasteiger partial charge on any atom is 0.510 e. The summed E-state index contributed by atoms with van der Waals surface area (Å²) in [5.41, 5.74) is 0. The summed E-state index contributed by atoms with van der Waals surface area (Å²) >= 11 is 0. The summed E-state index contributed by atoms with van der Waals surface area (Å²) in [7, 11) is 0. The minimum atomic E-state index is -0.498. The molecule has 0 bridgehead atoms. The van der Waals surface area contributed by atoms with Crippen molar-refractivity contribution in [2.75, 3.05) is 6.54 Å². The predicted molar refractivity (Wildman–Crippen MR) is 127 cm³/mol. The van der Waals surface area contributed by atoms with Crippen LogP contribution in [0.2, 0.25) is 0 Å². The highest BCUT2D eigenvalue weighted by Gasteiger charge is 2.20. The molecule has 4 nitrogen and oxygen atoms in total. The Labute approximate surface area is 187 Å². The molecular weight excluding hydrogens is 374 g/mol. The molecule has 1 aliphatic rings. The zero-order valence-electron chi connectivity index (χ0n) is 20.2. The third kappa shape index (κ3) is 16.0. The first-order chi connectivity index (χ1) is 14.8. The molecule has 0 saturated carbocycles. The Morgan fingerprint density at radius 1 is 0.800 bits per heavy atom. The molecule has 178 valence electrons. The largest absolute Gasteiger partial charge is 0.510 e. The summed E-state index contributed by atoms with van der Waals surface area (Å²) < 4.78 is 10.9. The van der Waals surface area contributed by atoms with Gasteiger partial charge in [-0.15, -0.1) is 0 Å². The molecule has 2 unspecified atom stereocenters. The van der Waals surface area contributed by atoms with Crippen molar-refractivity contribution in [3.63, 3.8) is 0 Å². The minimum absolute atomic E-state index is 0.00284. The summed E-state index contributed by atoms with van der Waals surface area (Å²) in [5, 5.41) is 3.22. The first-order valence-electron chi connectivity index (χ1n) is 13.4. The number of hydrogen-bond acceptors (Lipinski definition) is 4. The van der Waals surface area contributed by atoms with Gasteiger partial charge in [0.05, 0.1) is 0 Å². The van der Waals surface area contributed by atoms with E-state index < -0.39 is 6.16 Å². The summed E-state index contributed by atoms with van der Waals surface area (Å²) in [5.74, 6) is 0. The number of hydrogen-bond donors (Lipinski definition) is 1. The average molecular weight is 426 g/mol. The molecule has 0 aromatic carbocycles. The molecule has 1 saturated heterocycles. The van der Waals surface area contributed by atoms with Crippen molar-refractivity contribution >= 4 is 6.16 Å². The topological polar surface area (TPSA) is 47.6 Å². The van der Waals surface area contributed by atoms with Crippen molar-refractivity contribution in [3.05, 3.63) is 0 Å². The van der Waals surface area contributed by atoms with Gasteiger partial charge < -0.3 is 9.47 Å². The summed E-state index contributed by atoms with van der Waals surface area (Å²) in [6.45, 7) is 5.29. The smallest absolute Gasteiger partial charge is 0.431 e. The molecule has 1 heterocycles. The van der Waals surface area contributed by atoms with Crippen LogP contribution in [0.4, 0.5) is 4.79 Å². The molecule has 0 radical (unpaired) electrons. The van der Waals surface area contributed by atoms with Gasteiger partial charge in [-0.3, -0.25) is 5.32 Å². The molecule has 0 amide bonds. The van der Waals surface area contributed by atoms with Crippen LogP contribution >= 0.6 is 0 Å². The van der Waals surface area contributed by atoms with Crippen LogP contribution in [0.1, 0.15) is 142 Å². The van der Waals surface area contributed by atoms with Crippen molar-refractivity contribution in [1.29, 1.82) is 0 Å². The Bertz CT molecular complexity index is 382. The second-order valence-corrected chi connectivity index (χ2v) is 9.19. The van der Waals surface area contributed by atoms with Gasteiger partial charge >= 0.3 is 6.16 Å². The third-order valence-corrected chi connectivity index (χ3v) is 6.35. The highest BCUT2D eigenvalue weighted by molar-refractivity contribution is 5.60. The van der Waals surface area contributed by atoms with E-state index in [4.69, 9.17) is 9.47 Å². The fraction of sp³-hybridized carbons (Fsp3) is 0.962. The van der Waals surface area contributed by atoms with Gasteiger partial charge in [0.15, 0.2) is 6.23 Å². The lowest BCUT2D eigenvalue weighted by Crippen LogP contribution is -2.38. The Balaban J connectivity index is 1.86. The molecule has 1 fully saturated rings. The lowest BCUT2D eigenvalue weighted by atomic mass is 10.0. The first-order valence-corrected chi connectivity index (χ1v) is 13.4. The fourth-order valence-corrected chi connectivity index (χ4v) is 4.29. The van der Waals surface area contributed by atoms with Crippen molar-refractivity contribution in [1.82, 2.24) is 5.32 Å². The quantitative estimate of drug-likeness (QED) is 0.167. The molecular formula is C26H51NO3. The maximum absolute atomic E-state index is 12.0. The zero-order valence-corrected chi connectivity index (χ0v) is 20.2. The van der Waals surface area contributed by atoms with Crippen LogP contribution in [0.15, 0.2) is 0 Å². The Kier molecular flexibility index (Phi) is 18.3. The van der Waals surface area contributed by atoms with Crippen LogP contribution < -0.4 is 5.32 Å². The Hall–Kier alpha value is -0.770. The van der Waals surface area contributed by atoms with Gasteiger partial charge in [-0.1, -0.05) is 104 Å². The van der Waals surface area contributed by atoms with Gasteiger partial charge in [-0.2, -0.15) is 0 Å². The van der Waals surface area contributed by atoms with Crippen LogP contribution in [0.3, 0.4) is 0 Å². The highest BCUT2D eigenvalue weighted by Crippen LogP contribution is 2.16. The molecule has 1 aliphatic heterocycles. The molecule has 30 heavy (non-hydrogen) atoms. The monoisotopic (exact) mass is 425 g/mol. The van der Waals surface area contributed by atoms with Gasteiger partial charge in [-0.05, 0) is 45.1 Å². The van der Waals surface area contributed by atoms with E-state index in [0.29, 0.717) is 0 Å². The standard InChI is InChI=1S/C26H51NO3/c1-3-5-6-7-8-9-10-11-12-13-14-15-16-17-18-21-24(4-2)29-26(28)30-25-22-19-20-23-27-25/h24-25,27H,3-23H2,1-2H3. The van der Waals surface area contributed by atoms with E-state index in [1.165, 1.54) is 89.9 Å². The van der Waals surface area contributed by atoms with Crippen LogP contribution in [-0.4, -0.2) is 25.0 Å². The number of carbonyl (C=O) groups is 1. The van der Waals surface area contributed by atoms with E-state index >= 15 is 0 Å². The first kappa shape index (κ1) is 27.3. The maximum atomic E-state index is 12.0. The van der Waals surface area contributed by atoms with E-state index in [1.807, 2.05) is 0 Å². The van der Waals surface area contributed by atoms with E-state index in [9.17, 15) is 4.79 Å². The van der Waals surface area contributed by atoms with E-state index in [1.54, 1.807) is 0 Å². The Morgan fingerprint density at radius 3 is 1.80 bits per heavy atom. The van der Waals surface area contributed by atoms with Crippen LogP contribution in [-0.2, 0) is 9.47 Å². The number of nitrogens with one attached hydrogen (secondary N) is 1. The second-order valence-electron chi connectivity index (χ2n) is 9.19. The van der Waals surface area contributed by atoms with Gasteiger partial charge in [-0.25, -0.2) is 4.79 Å². The number of rotatable bonds is 19. The summed E-state index contributed by atoms with van der Waals surface area (Å²) in [4.78, 5) is 12.0. The van der Waals surface area contributed by atoms with Crippen molar-refractivity contribution in [3.8, 4) is 0 Å². The van der Waals surface area contributed by atoms with Gasteiger partial charge in [0.2, 0.25) is 0 Å². The van der Waals surface area contributed by atoms with E-state index in [0.717, 1.165) is 45.1 Å². The number of unbranched alkanes of at least 4 members (excludes halogenated alkanes) is 14. The van der Waals surface area contributed by atoms with Crippen LogP contribution in [0.25, 0.3) is 0 Å². The van der Waals surface area contributed by atoms with Gasteiger partial charge in [0.1, 0.15) is 6.10 Å². The van der Waals surface area contributed by atoms with Crippen LogP contribution in [0, 0.1) is 0 Å². The summed E-state index contributed by atoms with van der Waals surface area (Å²) in [6, 6.07) is 0. The van der Waals surface area contributed by atoms with E-state index in [-0.39, 0.29) is 12.3 Å². The number of ether oxygens (including phenoxy) is 2. The van der Waals surface area contributed by atoms with Gasteiger partial charge in [0.25, 0.3) is 0 Å². The zero-order chi connectivity index (χ0) is 21.7. The highest BCUT2D eigenvalue weighted by atomic mass is 16.7. The predicted octanol–water partition coefficient (Wildman–Crippen LogP) is 8.28. The van der Waals surface area contributed by atoms with Crippen LogP contribution in [0.5, 0.6) is 0 Å². The third-order valence-electron chi connectivity index (χ3n) is 6.35. The fourth-order valence-electron chi connectivity index (χ4n) is 4.29. The average Bonchev–Trinajstić information content (AvgIpc) is 2.76. The molecule has 0 aromatic rings. The van der Waals surface area contributed by atoms with Gasteiger partial charge in [0, 0.05) is 0 Å². The molecule has 2 atom stereocenters. The van der Waals surface area contributed by atoms with Crippen molar-refractivity contribution in [2.24, 2.45) is 0 Å². The summed E-state index contributed by atoms with van der Waals surface area (Å²) in [6.07, 6.45) is 25.0. The molecule has 0 aliphatic carbocycles. The number of piperidine rings is 1. The molecule has 1 rings (SSSR count). The number of carbonyl (C=O) groups excluding carboxylic acids is 1.